The van der Waals surface area contributed by atoms with E-state index in [1.165, 1.54) is 30.0 Å². The topological polar surface area (TPSA) is 26.3 Å². The summed E-state index contributed by atoms with van der Waals surface area (Å²) in [5.74, 6) is 0.527. The molecule has 2 nitrogen and oxygen atoms in total. The largest absolute Gasteiger partial charge is 0.469 e. The third-order valence-corrected chi connectivity index (χ3v) is 6.37. The van der Waals surface area contributed by atoms with Crippen molar-refractivity contribution in [1.82, 2.24) is 0 Å². The molecule has 0 aliphatic heterocycles. The van der Waals surface area contributed by atoms with Gasteiger partial charge in [-0.2, -0.15) is 0 Å². The lowest BCUT2D eigenvalue weighted by atomic mass is 9.50. The summed E-state index contributed by atoms with van der Waals surface area (Å²) in [5.41, 5.74) is 1.85. The Morgan fingerprint density at radius 2 is 2.11 bits per heavy atom. The number of carbonyl (C=O) groups is 1. The first-order valence-electron chi connectivity index (χ1n) is 7.22. The Morgan fingerprint density at radius 3 is 2.74 bits per heavy atom. The number of fused-ring (bicyclic) bond motifs is 1. The number of hydrogen-bond acceptors (Lipinski definition) is 2. The Hall–Kier alpha value is -0.310. The van der Waals surface area contributed by atoms with Crippen LogP contribution >= 0.6 is 15.9 Å². The van der Waals surface area contributed by atoms with Crippen LogP contribution in [-0.2, 0) is 9.53 Å². The summed E-state index contributed by atoms with van der Waals surface area (Å²) in [5, 5.41) is 0. The number of allylic oxidation sites excluding steroid dienone is 2. The van der Waals surface area contributed by atoms with Gasteiger partial charge in [0.1, 0.15) is 0 Å². The zero-order valence-electron chi connectivity index (χ0n) is 12.5. The van der Waals surface area contributed by atoms with Gasteiger partial charge in [0.2, 0.25) is 0 Å². The van der Waals surface area contributed by atoms with Gasteiger partial charge in [-0.1, -0.05) is 41.8 Å². The van der Waals surface area contributed by atoms with E-state index in [0.717, 1.165) is 19.3 Å². The number of ether oxygens (including phenoxy) is 1. The Morgan fingerprint density at radius 1 is 1.42 bits per heavy atom. The van der Waals surface area contributed by atoms with E-state index in [1.54, 1.807) is 0 Å². The number of hydrogen-bond donors (Lipinski definition) is 0. The summed E-state index contributed by atoms with van der Waals surface area (Å²) < 4.78 is 6.31. The quantitative estimate of drug-likeness (QED) is 0.679. The number of methoxy groups -OCH3 is 1. The van der Waals surface area contributed by atoms with Gasteiger partial charge < -0.3 is 4.74 Å². The lowest BCUT2D eigenvalue weighted by Gasteiger charge is -2.55. The first kappa shape index (κ1) is 15.1. The lowest BCUT2D eigenvalue weighted by molar-refractivity contribution is -0.147. The zero-order chi connectivity index (χ0) is 14.3. The fraction of sp³-hybridized carbons (Fsp3) is 0.812. The monoisotopic (exact) mass is 328 g/mol. The van der Waals surface area contributed by atoms with Crippen molar-refractivity contribution in [2.24, 2.45) is 16.7 Å². The number of esters is 1. The van der Waals surface area contributed by atoms with Crippen molar-refractivity contribution in [3.8, 4) is 0 Å². The standard InChI is InChI=1S/C16H25BrO2/c1-11-9-16(10-14(18)19-4)7-5-6-15(2,3)13(16)8-12(11)17/h13H,5-10H2,1-4H3/t13-,16-/m0/s1. The summed E-state index contributed by atoms with van der Waals surface area (Å²) in [6.45, 7) is 6.93. The highest BCUT2D eigenvalue weighted by Gasteiger charge is 2.52. The van der Waals surface area contributed by atoms with E-state index in [9.17, 15) is 4.79 Å². The van der Waals surface area contributed by atoms with Crippen LogP contribution in [0.3, 0.4) is 0 Å². The molecule has 19 heavy (non-hydrogen) atoms. The molecule has 0 saturated heterocycles. The fourth-order valence-electron chi connectivity index (χ4n) is 4.39. The van der Waals surface area contributed by atoms with Crippen LogP contribution in [0.2, 0.25) is 0 Å². The maximum absolute atomic E-state index is 11.9. The Bertz CT molecular complexity index is 411. The van der Waals surface area contributed by atoms with Gasteiger partial charge in [-0.15, -0.1) is 0 Å². The summed E-state index contributed by atoms with van der Waals surface area (Å²) >= 11 is 3.74. The molecule has 1 fully saturated rings. The van der Waals surface area contributed by atoms with Crippen LogP contribution in [0.5, 0.6) is 0 Å². The molecule has 2 aliphatic rings. The van der Waals surface area contributed by atoms with Crippen molar-refractivity contribution in [2.45, 2.75) is 59.3 Å². The van der Waals surface area contributed by atoms with Crippen LogP contribution in [0, 0.1) is 16.7 Å². The molecule has 2 aliphatic carbocycles. The van der Waals surface area contributed by atoms with Gasteiger partial charge in [-0.3, -0.25) is 4.79 Å². The van der Waals surface area contributed by atoms with Crippen molar-refractivity contribution in [3.05, 3.63) is 10.1 Å². The molecule has 108 valence electrons. The van der Waals surface area contributed by atoms with Crippen LogP contribution in [0.4, 0.5) is 0 Å². The second-order valence-electron chi connectivity index (χ2n) is 7.08. The van der Waals surface area contributed by atoms with Gasteiger partial charge in [0.15, 0.2) is 0 Å². The summed E-state index contributed by atoms with van der Waals surface area (Å²) in [6.07, 6.45) is 6.35. The average Bonchev–Trinajstić information content (AvgIpc) is 2.32. The SMILES string of the molecule is COC(=O)C[C@@]12CCCC(C)(C)[C@@H]1CC(Br)=C(C)C2. The van der Waals surface area contributed by atoms with Crippen molar-refractivity contribution < 1.29 is 9.53 Å². The van der Waals surface area contributed by atoms with E-state index in [2.05, 4.69) is 36.7 Å². The molecule has 0 radical (unpaired) electrons. The maximum Gasteiger partial charge on any atom is 0.306 e. The first-order chi connectivity index (χ1) is 8.81. The zero-order valence-corrected chi connectivity index (χ0v) is 14.1. The van der Waals surface area contributed by atoms with Crippen LogP contribution < -0.4 is 0 Å². The molecule has 0 bridgehead atoms. The van der Waals surface area contributed by atoms with Crippen molar-refractivity contribution in [2.75, 3.05) is 7.11 Å². The van der Waals surface area contributed by atoms with Gasteiger partial charge in [0.25, 0.3) is 0 Å². The molecule has 0 spiro atoms. The molecule has 0 aromatic heterocycles. The molecule has 3 heteroatoms. The van der Waals surface area contributed by atoms with Gasteiger partial charge >= 0.3 is 5.97 Å². The molecule has 0 amide bonds. The van der Waals surface area contributed by atoms with Crippen LogP contribution in [0.1, 0.15) is 59.3 Å². The highest BCUT2D eigenvalue weighted by Crippen LogP contribution is 2.61. The van der Waals surface area contributed by atoms with Crippen molar-refractivity contribution >= 4 is 21.9 Å². The Kier molecular flexibility index (Phi) is 4.15. The second kappa shape index (κ2) is 5.23. The predicted octanol–water partition coefficient (Wildman–Crippen LogP) is 4.82. The highest BCUT2D eigenvalue weighted by molar-refractivity contribution is 9.11. The number of halogens is 1. The van der Waals surface area contributed by atoms with Crippen LogP contribution in [-0.4, -0.2) is 13.1 Å². The van der Waals surface area contributed by atoms with Crippen LogP contribution in [0.25, 0.3) is 0 Å². The minimum absolute atomic E-state index is 0.0477. The summed E-state index contributed by atoms with van der Waals surface area (Å²) in [7, 11) is 1.50. The van der Waals surface area contributed by atoms with E-state index >= 15 is 0 Å². The van der Waals surface area contributed by atoms with E-state index in [0.29, 0.717) is 17.8 Å². The van der Waals surface area contributed by atoms with E-state index in [1.807, 2.05) is 0 Å². The minimum Gasteiger partial charge on any atom is -0.469 e. The second-order valence-corrected chi connectivity index (χ2v) is 8.03. The van der Waals surface area contributed by atoms with Gasteiger partial charge in [0.05, 0.1) is 13.5 Å². The maximum atomic E-state index is 11.9. The van der Waals surface area contributed by atoms with Gasteiger partial charge in [-0.25, -0.2) is 0 Å². The molecule has 0 aromatic rings. The predicted molar refractivity (Wildman–Crippen MR) is 81.0 cm³/mol. The summed E-state index contributed by atoms with van der Waals surface area (Å²) in [6, 6.07) is 0. The Labute approximate surface area is 125 Å². The van der Waals surface area contributed by atoms with Gasteiger partial charge in [0, 0.05) is 0 Å². The fourth-order valence-corrected chi connectivity index (χ4v) is 4.85. The molecule has 0 heterocycles. The van der Waals surface area contributed by atoms with Gasteiger partial charge in [-0.05, 0) is 53.8 Å². The van der Waals surface area contributed by atoms with E-state index < -0.39 is 0 Å². The molecular weight excluding hydrogens is 304 g/mol. The van der Waals surface area contributed by atoms with E-state index in [4.69, 9.17) is 4.74 Å². The smallest absolute Gasteiger partial charge is 0.306 e. The van der Waals surface area contributed by atoms with Crippen LogP contribution in [0.15, 0.2) is 10.1 Å². The number of carbonyl (C=O) groups excluding carboxylic acids is 1. The molecule has 1 saturated carbocycles. The summed E-state index contributed by atoms with van der Waals surface area (Å²) in [4.78, 5) is 11.9. The third kappa shape index (κ3) is 2.76. The molecule has 0 N–H and O–H groups in total. The molecule has 2 rings (SSSR count). The highest BCUT2D eigenvalue weighted by atomic mass is 79.9. The number of rotatable bonds is 2. The molecule has 0 unspecified atom stereocenters. The first-order valence-corrected chi connectivity index (χ1v) is 8.01. The minimum atomic E-state index is -0.0477. The lowest BCUT2D eigenvalue weighted by Crippen LogP contribution is -2.47. The van der Waals surface area contributed by atoms with E-state index in [-0.39, 0.29) is 11.4 Å². The van der Waals surface area contributed by atoms with Crippen molar-refractivity contribution in [3.63, 3.8) is 0 Å². The normalized spacial score (nSPS) is 33.8. The Balaban J connectivity index is 2.37. The molecule has 2 atom stereocenters. The third-order valence-electron chi connectivity index (χ3n) is 5.37. The average molecular weight is 329 g/mol. The molecular formula is C16H25BrO2. The van der Waals surface area contributed by atoms with Crippen molar-refractivity contribution in [1.29, 1.82) is 0 Å². The molecule has 0 aromatic carbocycles.